The molecule has 0 spiro atoms. The highest BCUT2D eigenvalue weighted by Crippen LogP contribution is 2.37. The Hall–Kier alpha value is -1.85. The third kappa shape index (κ3) is 2.84. The Morgan fingerprint density at radius 2 is 2.20 bits per heavy atom. The number of carboxylic acids is 1. The quantitative estimate of drug-likeness (QED) is 0.759. The van der Waals surface area contributed by atoms with Gasteiger partial charge in [0.15, 0.2) is 0 Å². The van der Waals surface area contributed by atoms with Crippen LogP contribution in [0.4, 0.5) is 5.82 Å². The third-order valence-corrected chi connectivity index (χ3v) is 4.25. The number of carboxylic acid groups (broad SMARTS) is 1. The molecule has 2 aliphatic carbocycles. The molecule has 6 nitrogen and oxygen atoms in total. The van der Waals surface area contributed by atoms with Crippen molar-refractivity contribution < 1.29 is 9.90 Å². The zero-order valence-electron chi connectivity index (χ0n) is 11.3. The second kappa shape index (κ2) is 5.26. The molecule has 1 heterocycles. The van der Waals surface area contributed by atoms with Gasteiger partial charge in [-0.05, 0) is 31.6 Å². The van der Waals surface area contributed by atoms with Crippen molar-refractivity contribution in [2.75, 3.05) is 11.9 Å². The van der Waals surface area contributed by atoms with Crippen LogP contribution in [0.15, 0.2) is 10.9 Å². The Labute approximate surface area is 116 Å². The van der Waals surface area contributed by atoms with Crippen molar-refractivity contribution >= 4 is 11.8 Å². The second-order valence-corrected chi connectivity index (χ2v) is 5.81. The second-order valence-electron chi connectivity index (χ2n) is 5.81. The van der Waals surface area contributed by atoms with Gasteiger partial charge in [-0.15, -0.1) is 0 Å². The van der Waals surface area contributed by atoms with Crippen LogP contribution >= 0.6 is 0 Å². The molecular formula is C14H19N3O3. The molecule has 2 fully saturated rings. The van der Waals surface area contributed by atoms with E-state index in [1.807, 2.05) is 0 Å². The standard InChI is InChI=1S/C14H19N3O3/c18-12-6-11(16-13(17-12)8-4-5-8)15-7-9-2-1-3-10(9)14(19)20/h6,8-10H,1-5,7H2,(H,19,20)(H2,15,16,17,18). The fraction of sp³-hybridized carbons (Fsp3) is 0.643. The molecule has 3 N–H and O–H groups in total. The molecule has 1 aromatic rings. The Balaban J connectivity index is 1.66. The molecule has 2 aliphatic rings. The first-order chi connectivity index (χ1) is 9.63. The maximum absolute atomic E-state index is 11.6. The smallest absolute Gasteiger partial charge is 0.306 e. The SMILES string of the molecule is O=C(O)C1CCCC1CNc1cc(=O)[nH]c(C2CC2)n1. The Morgan fingerprint density at radius 3 is 2.90 bits per heavy atom. The molecule has 1 aromatic heterocycles. The number of H-pyrrole nitrogens is 1. The fourth-order valence-electron chi connectivity index (χ4n) is 2.96. The van der Waals surface area contributed by atoms with Crippen molar-refractivity contribution in [1.82, 2.24) is 9.97 Å². The molecule has 2 atom stereocenters. The van der Waals surface area contributed by atoms with Crippen LogP contribution in [-0.4, -0.2) is 27.6 Å². The van der Waals surface area contributed by atoms with Gasteiger partial charge >= 0.3 is 5.97 Å². The first kappa shape index (κ1) is 13.1. The molecule has 0 aromatic carbocycles. The Morgan fingerprint density at radius 1 is 1.40 bits per heavy atom. The first-order valence-electron chi connectivity index (χ1n) is 7.21. The van der Waals surface area contributed by atoms with E-state index in [1.165, 1.54) is 6.07 Å². The molecule has 20 heavy (non-hydrogen) atoms. The van der Waals surface area contributed by atoms with Crippen molar-refractivity contribution in [2.24, 2.45) is 11.8 Å². The van der Waals surface area contributed by atoms with Crippen molar-refractivity contribution in [1.29, 1.82) is 0 Å². The summed E-state index contributed by atoms with van der Waals surface area (Å²) in [6.45, 7) is 0.567. The summed E-state index contributed by atoms with van der Waals surface area (Å²) in [6, 6.07) is 1.44. The topological polar surface area (TPSA) is 95.1 Å². The number of aromatic amines is 1. The number of anilines is 1. The van der Waals surface area contributed by atoms with Gasteiger partial charge in [-0.2, -0.15) is 0 Å². The van der Waals surface area contributed by atoms with Gasteiger partial charge in [0.05, 0.1) is 5.92 Å². The molecule has 0 amide bonds. The number of rotatable bonds is 5. The third-order valence-electron chi connectivity index (χ3n) is 4.25. The minimum absolute atomic E-state index is 0.123. The van der Waals surface area contributed by atoms with E-state index in [9.17, 15) is 9.59 Å². The van der Waals surface area contributed by atoms with Gasteiger partial charge in [0.2, 0.25) is 0 Å². The Bertz CT molecular complexity index is 565. The lowest BCUT2D eigenvalue weighted by Crippen LogP contribution is -2.25. The zero-order valence-corrected chi connectivity index (χ0v) is 11.3. The molecule has 2 unspecified atom stereocenters. The highest BCUT2D eigenvalue weighted by molar-refractivity contribution is 5.70. The van der Waals surface area contributed by atoms with E-state index < -0.39 is 5.97 Å². The molecule has 0 bridgehead atoms. The highest BCUT2D eigenvalue weighted by atomic mass is 16.4. The Kier molecular flexibility index (Phi) is 3.46. The lowest BCUT2D eigenvalue weighted by Gasteiger charge is -2.16. The predicted octanol–water partition coefficient (Wildman–Crippen LogP) is 1.56. The summed E-state index contributed by atoms with van der Waals surface area (Å²) in [6.07, 6.45) is 4.78. The number of nitrogens with one attached hydrogen (secondary N) is 2. The van der Waals surface area contributed by atoms with E-state index in [0.717, 1.165) is 37.9 Å². The summed E-state index contributed by atoms with van der Waals surface area (Å²) in [5.74, 6) is 0.841. The van der Waals surface area contributed by atoms with Crippen LogP contribution in [0.1, 0.15) is 43.8 Å². The van der Waals surface area contributed by atoms with Gasteiger partial charge in [0.1, 0.15) is 11.6 Å². The van der Waals surface area contributed by atoms with Gasteiger partial charge in [-0.25, -0.2) is 4.98 Å². The van der Waals surface area contributed by atoms with Crippen LogP contribution < -0.4 is 10.9 Å². The summed E-state index contributed by atoms with van der Waals surface area (Å²) in [7, 11) is 0. The van der Waals surface area contributed by atoms with Crippen LogP contribution in [0, 0.1) is 11.8 Å². The van der Waals surface area contributed by atoms with E-state index in [2.05, 4.69) is 15.3 Å². The first-order valence-corrected chi connectivity index (χ1v) is 7.21. The minimum atomic E-state index is -0.716. The summed E-state index contributed by atoms with van der Waals surface area (Å²) < 4.78 is 0. The van der Waals surface area contributed by atoms with Crippen LogP contribution in [0.2, 0.25) is 0 Å². The van der Waals surface area contributed by atoms with Crippen LogP contribution in [0.5, 0.6) is 0 Å². The maximum atomic E-state index is 11.6. The largest absolute Gasteiger partial charge is 0.481 e. The normalized spacial score (nSPS) is 25.6. The fourth-order valence-corrected chi connectivity index (χ4v) is 2.96. The van der Waals surface area contributed by atoms with Crippen molar-refractivity contribution in [2.45, 2.75) is 38.0 Å². The number of carbonyl (C=O) groups is 1. The lowest BCUT2D eigenvalue weighted by atomic mass is 9.96. The number of nitrogens with zero attached hydrogens (tertiary/aromatic N) is 1. The molecule has 0 radical (unpaired) electrons. The van der Waals surface area contributed by atoms with Crippen molar-refractivity contribution in [3.8, 4) is 0 Å². The van der Waals surface area contributed by atoms with Gasteiger partial charge in [-0.3, -0.25) is 9.59 Å². The zero-order chi connectivity index (χ0) is 14.1. The van der Waals surface area contributed by atoms with E-state index in [-0.39, 0.29) is 17.4 Å². The van der Waals surface area contributed by atoms with Gasteiger partial charge in [0, 0.05) is 18.5 Å². The number of aliphatic carboxylic acids is 1. The molecular weight excluding hydrogens is 258 g/mol. The summed E-state index contributed by atoms with van der Waals surface area (Å²) in [5, 5.41) is 12.3. The molecule has 0 aliphatic heterocycles. The van der Waals surface area contributed by atoms with Crippen LogP contribution in [0.3, 0.4) is 0 Å². The van der Waals surface area contributed by atoms with E-state index in [1.54, 1.807) is 0 Å². The van der Waals surface area contributed by atoms with E-state index in [0.29, 0.717) is 18.3 Å². The average Bonchev–Trinajstić information content (AvgIpc) is 3.14. The molecule has 0 saturated heterocycles. The summed E-state index contributed by atoms with van der Waals surface area (Å²) >= 11 is 0. The number of aromatic nitrogens is 2. The van der Waals surface area contributed by atoms with Gasteiger partial charge < -0.3 is 15.4 Å². The van der Waals surface area contributed by atoms with Gasteiger partial charge in [0.25, 0.3) is 5.56 Å². The van der Waals surface area contributed by atoms with E-state index >= 15 is 0 Å². The maximum Gasteiger partial charge on any atom is 0.306 e. The molecule has 2 saturated carbocycles. The highest BCUT2D eigenvalue weighted by Gasteiger charge is 2.32. The number of hydrogen-bond donors (Lipinski definition) is 3. The van der Waals surface area contributed by atoms with Gasteiger partial charge in [-0.1, -0.05) is 6.42 Å². The number of hydrogen-bond acceptors (Lipinski definition) is 4. The molecule has 108 valence electrons. The summed E-state index contributed by atoms with van der Waals surface area (Å²) in [4.78, 5) is 29.9. The van der Waals surface area contributed by atoms with Crippen LogP contribution in [0.25, 0.3) is 0 Å². The van der Waals surface area contributed by atoms with E-state index in [4.69, 9.17) is 5.11 Å². The minimum Gasteiger partial charge on any atom is -0.481 e. The van der Waals surface area contributed by atoms with Crippen LogP contribution in [-0.2, 0) is 4.79 Å². The molecule has 6 heteroatoms. The average molecular weight is 277 g/mol. The predicted molar refractivity (Wildman–Crippen MR) is 73.8 cm³/mol. The van der Waals surface area contributed by atoms with Crippen molar-refractivity contribution in [3.63, 3.8) is 0 Å². The monoisotopic (exact) mass is 277 g/mol. The van der Waals surface area contributed by atoms with Crippen molar-refractivity contribution in [3.05, 3.63) is 22.2 Å². The molecule has 3 rings (SSSR count). The lowest BCUT2D eigenvalue weighted by molar-refractivity contribution is -0.142. The summed E-state index contributed by atoms with van der Waals surface area (Å²) in [5.41, 5.74) is -0.148.